The van der Waals surface area contributed by atoms with Crippen molar-refractivity contribution in [3.63, 3.8) is 0 Å². The van der Waals surface area contributed by atoms with Crippen molar-refractivity contribution >= 4 is 5.78 Å². The Balaban J connectivity index is 2.18. The van der Waals surface area contributed by atoms with E-state index in [2.05, 4.69) is 11.9 Å². The third-order valence-electron chi connectivity index (χ3n) is 3.85. The fourth-order valence-corrected chi connectivity index (χ4v) is 2.79. The predicted molar refractivity (Wildman–Crippen MR) is 75.5 cm³/mol. The first kappa shape index (κ1) is 14.0. The summed E-state index contributed by atoms with van der Waals surface area (Å²) < 4.78 is 5.61. The van der Waals surface area contributed by atoms with Gasteiger partial charge in [-0.2, -0.15) is 0 Å². The van der Waals surface area contributed by atoms with Crippen molar-refractivity contribution in [3.8, 4) is 5.75 Å². The summed E-state index contributed by atoms with van der Waals surface area (Å²) in [6, 6.07) is 1.83. The lowest BCUT2D eigenvalue weighted by Gasteiger charge is -2.32. The van der Waals surface area contributed by atoms with Gasteiger partial charge in [0.1, 0.15) is 5.75 Å². The zero-order valence-corrected chi connectivity index (χ0v) is 12.1. The summed E-state index contributed by atoms with van der Waals surface area (Å²) in [4.78, 5) is 16.8. The molecule has 0 aliphatic heterocycles. The van der Waals surface area contributed by atoms with E-state index in [9.17, 15) is 4.79 Å². The Morgan fingerprint density at radius 2 is 1.95 bits per heavy atom. The maximum atomic E-state index is 12.7. The number of carbonyl (C=O) groups excluding carboxylic acids is 1. The summed E-state index contributed by atoms with van der Waals surface area (Å²) in [5, 5.41) is 0. The summed E-state index contributed by atoms with van der Waals surface area (Å²) in [5.74, 6) is 0.897. The normalized spacial score (nSPS) is 18.3. The summed E-state index contributed by atoms with van der Waals surface area (Å²) >= 11 is 0. The maximum absolute atomic E-state index is 12.7. The molecular weight excluding hydrogens is 238 g/mol. The van der Waals surface area contributed by atoms with Gasteiger partial charge in [0.2, 0.25) is 0 Å². The average Bonchev–Trinajstić information content (AvgIpc) is 2.38. The molecule has 1 heterocycles. The molecule has 0 spiro atoms. The lowest BCUT2D eigenvalue weighted by Crippen LogP contribution is -2.30. The highest BCUT2D eigenvalue weighted by Gasteiger charge is 2.35. The quantitative estimate of drug-likeness (QED) is 0.768. The second-order valence-electron chi connectivity index (χ2n) is 6.03. The van der Waals surface area contributed by atoms with Crippen LogP contribution in [0.25, 0.3) is 0 Å². The maximum Gasteiger partial charge on any atom is 0.170 e. The smallest absolute Gasteiger partial charge is 0.170 e. The topological polar surface area (TPSA) is 39.2 Å². The third-order valence-corrected chi connectivity index (χ3v) is 3.85. The number of pyridine rings is 1. The van der Waals surface area contributed by atoms with E-state index >= 15 is 0 Å². The van der Waals surface area contributed by atoms with Gasteiger partial charge in [-0.1, -0.05) is 26.2 Å². The molecule has 1 saturated carbocycles. The molecule has 0 saturated heterocycles. The van der Waals surface area contributed by atoms with Crippen LogP contribution in [0.5, 0.6) is 5.75 Å². The highest BCUT2D eigenvalue weighted by atomic mass is 16.5. The number of ketones is 1. The van der Waals surface area contributed by atoms with Gasteiger partial charge in [-0.25, -0.2) is 0 Å². The molecule has 1 aliphatic carbocycles. The van der Waals surface area contributed by atoms with Crippen molar-refractivity contribution in [2.45, 2.75) is 59.0 Å². The predicted octanol–water partition coefficient (Wildman–Crippen LogP) is 4.02. The van der Waals surface area contributed by atoms with Gasteiger partial charge in [-0.15, -0.1) is 0 Å². The average molecular weight is 261 g/mol. The molecule has 0 radical (unpaired) electrons. The van der Waals surface area contributed by atoms with Gasteiger partial charge in [0.15, 0.2) is 5.78 Å². The lowest BCUT2D eigenvalue weighted by molar-refractivity contribution is 0.0748. The Kier molecular flexibility index (Phi) is 4.23. The third kappa shape index (κ3) is 3.34. The molecule has 0 amide bonds. The zero-order valence-electron chi connectivity index (χ0n) is 12.1. The first-order chi connectivity index (χ1) is 9.01. The Bertz CT molecular complexity index is 448. The Labute approximate surface area is 115 Å². The number of Topliss-reactive ketones (excluding diaryl/α,β-unsaturated/α-hetero) is 1. The van der Waals surface area contributed by atoms with E-state index in [0.29, 0.717) is 11.3 Å². The standard InChI is InChI=1S/C16H23NO2/c1-12(2)19-14-9-13(10-17-11-14)15(18)16(3)7-5-4-6-8-16/h9-12H,4-8H2,1-3H3. The molecule has 3 heteroatoms. The van der Waals surface area contributed by atoms with E-state index < -0.39 is 0 Å². The van der Waals surface area contributed by atoms with Crippen molar-refractivity contribution in [1.82, 2.24) is 4.98 Å². The minimum absolute atomic E-state index is 0.0948. The van der Waals surface area contributed by atoms with Gasteiger partial charge in [0, 0.05) is 17.2 Å². The van der Waals surface area contributed by atoms with Crippen molar-refractivity contribution in [1.29, 1.82) is 0 Å². The minimum Gasteiger partial charge on any atom is -0.489 e. The number of ether oxygens (including phenoxy) is 1. The first-order valence-electron chi connectivity index (χ1n) is 7.18. The van der Waals surface area contributed by atoms with E-state index in [1.54, 1.807) is 12.4 Å². The van der Waals surface area contributed by atoms with Crippen molar-refractivity contribution in [2.75, 3.05) is 0 Å². The van der Waals surface area contributed by atoms with Crippen LogP contribution in [0.1, 0.15) is 63.2 Å². The van der Waals surface area contributed by atoms with Gasteiger partial charge < -0.3 is 4.74 Å². The van der Waals surface area contributed by atoms with Crippen LogP contribution in [0, 0.1) is 5.41 Å². The number of nitrogens with zero attached hydrogens (tertiary/aromatic N) is 1. The number of carbonyl (C=O) groups is 1. The van der Waals surface area contributed by atoms with Crippen LogP contribution in [-0.2, 0) is 0 Å². The Morgan fingerprint density at radius 1 is 1.26 bits per heavy atom. The molecule has 1 aliphatic rings. The molecule has 3 nitrogen and oxygen atoms in total. The lowest BCUT2D eigenvalue weighted by atomic mass is 9.71. The summed E-state index contributed by atoms with van der Waals surface area (Å²) in [6.07, 6.45) is 8.95. The van der Waals surface area contributed by atoms with Crippen molar-refractivity contribution in [3.05, 3.63) is 24.0 Å². The minimum atomic E-state index is -0.212. The zero-order chi connectivity index (χ0) is 13.9. The Hall–Kier alpha value is -1.38. The molecule has 0 bridgehead atoms. The van der Waals surface area contributed by atoms with E-state index in [1.807, 2.05) is 19.9 Å². The van der Waals surface area contributed by atoms with Crippen LogP contribution < -0.4 is 4.74 Å². The summed E-state index contributed by atoms with van der Waals surface area (Å²) in [5.41, 5.74) is 0.471. The first-order valence-corrected chi connectivity index (χ1v) is 7.18. The van der Waals surface area contributed by atoms with Crippen LogP contribution in [-0.4, -0.2) is 16.9 Å². The fourth-order valence-electron chi connectivity index (χ4n) is 2.79. The van der Waals surface area contributed by atoms with Gasteiger partial charge in [-0.05, 0) is 32.8 Å². The number of rotatable bonds is 4. The molecule has 1 fully saturated rings. The van der Waals surface area contributed by atoms with E-state index in [0.717, 1.165) is 25.7 Å². The van der Waals surface area contributed by atoms with Gasteiger partial charge in [0.05, 0.1) is 12.3 Å². The molecule has 0 N–H and O–H groups in total. The highest BCUT2D eigenvalue weighted by Crippen LogP contribution is 2.38. The molecule has 0 atom stereocenters. The summed E-state index contributed by atoms with van der Waals surface area (Å²) in [7, 11) is 0. The van der Waals surface area contributed by atoms with Gasteiger partial charge >= 0.3 is 0 Å². The van der Waals surface area contributed by atoms with Crippen LogP contribution in [0.2, 0.25) is 0 Å². The van der Waals surface area contributed by atoms with Crippen LogP contribution >= 0.6 is 0 Å². The highest BCUT2D eigenvalue weighted by molar-refractivity contribution is 6.00. The largest absolute Gasteiger partial charge is 0.489 e. The Morgan fingerprint density at radius 3 is 2.58 bits per heavy atom. The monoisotopic (exact) mass is 261 g/mol. The van der Waals surface area contributed by atoms with Gasteiger partial charge in [-0.3, -0.25) is 9.78 Å². The van der Waals surface area contributed by atoms with Crippen molar-refractivity contribution < 1.29 is 9.53 Å². The van der Waals surface area contributed by atoms with E-state index in [1.165, 1.54) is 6.42 Å². The molecule has 1 aromatic rings. The van der Waals surface area contributed by atoms with E-state index in [4.69, 9.17) is 4.74 Å². The van der Waals surface area contributed by atoms with Crippen LogP contribution in [0.4, 0.5) is 0 Å². The molecule has 19 heavy (non-hydrogen) atoms. The molecule has 104 valence electrons. The van der Waals surface area contributed by atoms with Gasteiger partial charge in [0.25, 0.3) is 0 Å². The van der Waals surface area contributed by atoms with E-state index in [-0.39, 0.29) is 17.3 Å². The molecule has 0 aromatic carbocycles. The van der Waals surface area contributed by atoms with Crippen LogP contribution in [0.3, 0.4) is 0 Å². The molecular formula is C16H23NO2. The number of hydrogen-bond donors (Lipinski definition) is 0. The second-order valence-corrected chi connectivity index (χ2v) is 6.03. The molecule has 1 aromatic heterocycles. The fraction of sp³-hybridized carbons (Fsp3) is 0.625. The second kappa shape index (κ2) is 5.72. The number of hydrogen-bond acceptors (Lipinski definition) is 3. The summed E-state index contributed by atoms with van der Waals surface area (Å²) in [6.45, 7) is 6.03. The SMILES string of the molecule is CC(C)Oc1cncc(C(=O)C2(C)CCCCC2)c1. The molecule has 0 unspecified atom stereocenters. The van der Waals surface area contributed by atoms with Crippen molar-refractivity contribution in [2.24, 2.45) is 5.41 Å². The number of aromatic nitrogens is 1. The molecule has 2 rings (SSSR count). The van der Waals surface area contributed by atoms with Crippen LogP contribution in [0.15, 0.2) is 18.5 Å².